The Hall–Kier alpha value is -3.15. The molecule has 0 bridgehead atoms. The number of aromatic nitrogens is 3. The normalized spacial score (nSPS) is 14.7. The molecular formula is C20H16FN5O3S2. The van der Waals surface area contributed by atoms with Crippen molar-refractivity contribution in [1.82, 2.24) is 19.1 Å². The van der Waals surface area contributed by atoms with Crippen molar-refractivity contribution in [2.75, 3.05) is 0 Å². The second kappa shape index (κ2) is 7.22. The zero-order valence-electron chi connectivity index (χ0n) is 16.0. The highest BCUT2D eigenvalue weighted by atomic mass is 32.2. The van der Waals surface area contributed by atoms with Crippen molar-refractivity contribution < 1.29 is 17.6 Å². The first-order valence-corrected chi connectivity index (χ1v) is 11.6. The van der Waals surface area contributed by atoms with E-state index in [1.165, 1.54) is 52.8 Å². The lowest BCUT2D eigenvalue weighted by molar-refractivity contribution is -0.133. The van der Waals surface area contributed by atoms with Crippen LogP contribution in [0.25, 0.3) is 10.2 Å². The standard InChI is InChI=1S/C20H16FN5O3S2/c21-14-3-1-12(2-4-14)19(22)20(27)25-8-13-9-26(24-17(13)10-25)31(28,29)15-5-6-16-18(7-15)30-11-23-16/h1-7,9,11,19H,8,10,22H2. The van der Waals surface area contributed by atoms with Crippen molar-refractivity contribution in [2.24, 2.45) is 5.73 Å². The van der Waals surface area contributed by atoms with Gasteiger partial charge in [0.15, 0.2) is 0 Å². The molecule has 1 aliphatic heterocycles. The molecular weight excluding hydrogens is 441 g/mol. The van der Waals surface area contributed by atoms with E-state index in [1.54, 1.807) is 17.6 Å². The Labute approximate surface area is 180 Å². The van der Waals surface area contributed by atoms with E-state index in [9.17, 15) is 17.6 Å². The summed E-state index contributed by atoms with van der Waals surface area (Å²) in [6.07, 6.45) is 1.43. The molecule has 0 saturated heterocycles. The first kappa shape index (κ1) is 19.8. The number of nitrogens with zero attached hydrogens (tertiary/aromatic N) is 4. The number of hydrogen-bond acceptors (Lipinski definition) is 7. The third kappa shape index (κ3) is 3.40. The number of nitrogens with two attached hydrogens (primary N) is 1. The second-order valence-corrected chi connectivity index (χ2v) is 9.87. The molecule has 0 radical (unpaired) electrons. The third-order valence-corrected chi connectivity index (χ3v) is 7.53. The average Bonchev–Trinajstić information content (AvgIpc) is 3.47. The van der Waals surface area contributed by atoms with Crippen LogP contribution in [-0.4, -0.2) is 33.4 Å². The van der Waals surface area contributed by atoms with Crippen molar-refractivity contribution in [1.29, 1.82) is 0 Å². The monoisotopic (exact) mass is 457 g/mol. The molecule has 8 nitrogen and oxygen atoms in total. The van der Waals surface area contributed by atoms with E-state index in [-0.39, 0.29) is 23.9 Å². The lowest BCUT2D eigenvalue weighted by atomic mass is 10.1. The van der Waals surface area contributed by atoms with Crippen LogP contribution >= 0.6 is 11.3 Å². The predicted molar refractivity (Wildman–Crippen MR) is 112 cm³/mol. The summed E-state index contributed by atoms with van der Waals surface area (Å²) < 4.78 is 40.8. The van der Waals surface area contributed by atoms with Crippen molar-refractivity contribution in [3.63, 3.8) is 0 Å². The summed E-state index contributed by atoms with van der Waals surface area (Å²) in [5, 5.41) is 4.22. The van der Waals surface area contributed by atoms with E-state index in [0.29, 0.717) is 16.8 Å². The number of fused-ring (bicyclic) bond motifs is 2. The molecule has 31 heavy (non-hydrogen) atoms. The Kier molecular flexibility index (Phi) is 4.61. The van der Waals surface area contributed by atoms with Gasteiger partial charge < -0.3 is 10.6 Å². The lowest BCUT2D eigenvalue weighted by Crippen LogP contribution is -2.35. The maximum absolute atomic E-state index is 13.1. The highest BCUT2D eigenvalue weighted by Gasteiger charge is 2.32. The fourth-order valence-electron chi connectivity index (χ4n) is 3.52. The number of benzene rings is 2. The van der Waals surface area contributed by atoms with E-state index >= 15 is 0 Å². The Morgan fingerprint density at radius 2 is 1.94 bits per heavy atom. The van der Waals surface area contributed by atoms with Crippen molar-refractivity contribution >= 4 is 37.5 Å². The van der Waals surface area contributed by atoms with Gasteiger partial charge in [-0.25, -0.2) is 9.37 Å². The minimum Gasteiger partial charge on any atom is -0.331 e. The average molecular weight is 458 g/mol. The fraction of sp³-hybridized carbons (Fsp3) is 0.150. The van der Waals surface area contributed by atoms with Crippen molar-refractivity contribution in [3.8, 4) is 0 Å². The minimum absolute atomic E-state index is 0.122. The predicted octanol–water partition coefficient (Wildman–Crippen LogP) is 2.41. The van der Waals surface area contributed by atoms with Gasteiger partial charge in [0.1, 0.15) is 11.9 Å². The molecule has 1 atom stereocenters. The number of carbonyl (C=O) groups is 1. The smallest absolute Gasteiger partial charge is 0.283 e. The number of amides is 1. The lowest BCUT2D eigenvalue weighted by Gasteiger charge is -2.20. The number of rotatable bonds is 4. The molecule has 2 aromatic carbocycles. The van der Waals surface area contributed by atoms with E-state index < -0.39 is 21.9 Å². The topological polar surface area (TPSA) is 111 Å². The van der Waals surface area contributed by atoms with Crippen LogP contribution < -0.4 is 5.73 Å². The number of carbonyl (C=O) groups excluding carboxylic acids is 1. The summed E-state index contributed by atoms with van der Waals surface area (Å²) in [6, 6.07) is 9.24. The fourth-order valence-corrected chi connectivity index (χ4v) is 5.51. The Balaban J connectivity index is 1.36. The minimum atomic E-state index is -3.87. The largest absolute Gasteiger partial charge is 0.331 e. The molecule has 11 heteroatoms. The van der Waals surface area contributed by atoms with Gasteiger partial charge in [-0.05, 0) is 35.9 Å². The molecule has 1 aliphatic rings. The Morgan fingerprint density at radius 3 is 2.68 bits per heavy atom. The van der Waals surface area contributed by atoms with Gasteiger partial charge in [0.2, 0.25) is 5.91 Å². The van der Waals surface area contributed by atoms with E-state index in [4.69, 9.17) is 5.73 Å². The van der Waals surface area contributed by atoms with Crippen LogP contribution in [0.1, 0.15) is 22.9 Å². The summed E-state index contributed by atoms with van der Waals surface area (Å²) in [6.45, 7) is 0.353. The van der Waals surface area contributed by atoms with Crippen LogP contribution in [-0.2, 0) is 27.9 Å². The van der Waals surface area contributed by atoms with Crippen LogP contribution in [0, 0.1) is 5.82 Å². The van der Waals surface area contributed by atoms with E-state index in [1.807, 2.05) is 0 Å². The maximum atomic E-state index is 13.1. The van der Waals surface area contributed by atoms with Crippen molar-refractivity contribution in [2.45, 2.75) is 24.0 Å². The van der Waals surface area contributed by atoms with Crippen LogP contribution in [0.4, 0.5) is 4.39 Å². The van der Waals surface area contributed by atoms with Crippen LogP contribution in [0.5, 0.6) is 0 Å². The van der Waals surface area contributed by atoms with Gasteiger partial charge in [-0.3, -0.25) is 4.79 Å². The zero-order valence-corrected chi connectivity index (χ0v) is 17.6. The first-order chi connectivity index (χ1) is 14.8. The Bertz CT molecular complexity index is 1390. The van der Waals surface area contributed by atoms with Gasteiger partial charge in [0.25, 0.3) is 10.0 Å². The number of halogens is 1. The summed E-state index contributed by atoms with van der Waals surface area (Å²) in [5.74, 6) is -0.746. The van der Waals surface area contributed by atoms with Gasteiger partial charge in [-0.1, -0.05) is 12.1 Å². The third-order valence-electron chi connectivity index (χ3n) is 5.21. The molecule has 0 fully saturated rings. The molecule has 2 N–H and O–H groups in total. The first-order valence-electron chi connectivity index (χ1n) is 9.29. The summed E-state index contributed by atoms with van der Waals surface area (Å²) in [4.78, 5) is 18.5. The van der Waals surface area contributed by atoms with Crippen molar-refractivity contribution in [3.05, 3.63) is 76.8 Å². The molecule has 5 rings (SSSR count). The molecule has 3 heterocycles. The molecule has 4 aromatic rings. The summed E-state index contributed by atoms with van der Waals surface area (Å²) >= 11 is 1.36. The van der Waals surface area contributed by atoms with Crippen LogP contribution in [0.2, 0.25) is 0 Å². The quantitative estimate of drug-likeness (QED) is 0.504. The van der Waals surface area contributed by atoms with Gasteiger partial charge in [-0.2, -0.15) is 17.6 Å². The second-order valence-electron chi connectivity index (χ2n) is 7.18. The molecule has 1 amide bonds. The van der Waals surface area contributed by atoms with Gasteiger partial charge >= 0.3 is 0 Å². The zero-order chi connectivity index (χ0) is 21.8. The summed E-state index contributed by atoms with van der Waals surface area (Å²) in [5.41, 5.74) is 10.1. The van der Waals surface area contributed by atoms with Gasteiger partial charge in [0, 0.05) is 18.3 Å². The molecule has 0 aliphatic carbocycles. The van der Waals surface area contributed by atoms with E-state index in [2.05, 4.69) is 10.1 Å². The molecule has 1 unspecified atom stereocenters. The molecule has 0 spiro atoms. The van der Waals surface area contributed by atoms with E-state index in [0.717, 1.165) is 14.3 Å². The molecule has 2 aromatic heterocycles. The number of hydrogen-bond donors (Lipinski definition) is 1. The maximum Gasteiger partial charge on any atom is 0.283 e. The van der Waals surface area contributed by atoms with Gasteiger partial charge in [-0.15, -0.1) is 11.3 Å². The number of thiazole rings is 1. The summed E-state index contributed by atoms with van der Waals surface area (Å²) in [7, 11) is -3.87. The highest BCUT2D eigenvalue weighted by molar-refractivity contribution is 7.89. The van der Waals surface area contributed by atoms with Gasteiger partial charge in [0.05, 0.1) is 32.9 Å². The molecule has 158 valence electrons. The highest BCUT2D eigenvalue weighted by Crippen LogP contribution is 2.28. The van der Waals surface area contributed by atoms with Crippen LogP contribution in [0.15, 0.2) is 59.1 Å². The van der Waals surface area contributed by atoms with Crippen LogP contribution in [0.3, 0.4) is 0 Å². The SMILES string of the molecule is NC(C(=O)N1Cc2cn(S(=O)(=O)c3ccc4ncsc4c3)nc2C1)c1ccc(F)cc1. The Morgan fingerprint density at radius 1 is 1.16 bits per heavy atom. The molecule has 0 saturated carbocycles.